The minimum Gasteiger partial charge on any atom is -0.491 e. The summed E-state index contributed by atoms with van der Waals surface area (Å²) < 4.78 is 11.8. The van der Waals surface area contributed by atoms with Gasteiger partial charge in [0.25, 0.3) is 5.24 Å². The average molecular weight is 433 g/mol. The molecular weight excluding hydrogens is 404 g/mol. The van der Waals surface area contributed by atoms with Gasteiger partial charge in [-0.15, -0.1) is 0 Å². The molecule has 0 bridgehead atoms. The fourth-order valence-electron chi connectivity index (χ4n) is 4.66. The normalized spacial score (nSPS) is 23.4. The lowest BCUT2D eigenvalue weighted by atomic mass is 9.82. The van der Waals surface area contributed by atoms with Crippen LogP contribution >= 0.6 is 11.8 Å². The summed E-state index contributed by atoms with van der Waals surface area (Å²) in [7, 11) is 1.77. The number of nitrogens with zero attached hydrogens (tertiary/aromatic N) is 1. The number of ether oxygens (including phenoxy) is 2. The molecule has 0 radical (unpaired) electrons. The number of hydrogen-bond acceptors (Lipinski definition) is 6. The number of amides is 3. The lowest BCUT2D eigenvalue weighted by Crippen LogP contribution is -2.36. The van der Waals surface area contributed by atoms with E-state index in [1.54, 1.807) is 12.0 Å². The topological polar surface area (TPSA) is 84.9 Å². The zero-order chi connectivity index (χ0) is 21.1. The smallest absolute Gasteiger partial charge is 0.286 e. The van der Waals surface area contributed by atoms with Crippen LogP contribution in [0, 0.1) is 5.92 Å². The van der Waals surface area contributed by atoms with E-state index in [4.69, 9.17) is 9.47 Å². The number of methoxy groups -OCH3 is 1. The molecule has 3 aliphatic rings. The van der Waals surface area contributed by atoms with Crippen LogP contribution in [-0.2, 0) is 20.9 Å². The van der Waals surface area contributed by atoms with Gasteiger partial charge in [-0.25, -0.2) is 0 Å². The van der Waals surface area contributed by atoms with Gasteiger partial charge in [0.05, 0.1) is 12.6 Å². The lowest BCUT2D eigenvalue weighted by Gasteiger charge is -2.30. The Morgan fingerprint density at radius 3 is 2.80 bits per heavy atom. The Hall–Kier alpha value is -2.06. The highest BCUT2D eigenvalue weighted by Gasteiger charge is 2.35. The SMILES string of the molecule is CO[C@H](c1ccc2c(c1)CN(C(=O)C[C@H]1SC(=O)NC1=O)CCO2)C1CCCCC1. The van der Waals surface area contributed by atoms with Crippen LogP contribution in [0.1, 0.15) is 55.8 Å². The van der Waals surface area contributed by atoms with E-state index < -0.39 is 5.25 Å². The average Bonchev–Trinajstić information content (AvgIpc) is 2.93. The summed E-state index contributed by atoms with van der Waals surface area (Å²) >= 11 is 0.887. The maximum atomic E-state index is 12.8. The first-order valence-electron chi connectivity index (χ1n) is 10.6. The maximum absolute atomic E-state index is 12.8. The van der Waals surface area contributed by atoms with Crippen LogP contribution in [0.5, 0.6) is 5.75 Å². The summed E-state index contributed by atoms with van der Waals surface area (Å²) in [6.45, 7) is 1.28. The van der Waals surface area contributed by atoms with Gasteiger partial charge in [-0.2, -0.15) is 0 Å². The Bertz CT molecular complexity index is 824. The molecule has 8 heteroatoms. The van der Waals surface area contributed by atoms with Gasteiger partial charge in [0.15, 0.2) is 0 Å². The molecule has 0 aromatic heterocycles. The molecule has 4 rings (SSSR count). The van der Waals surface area contributed by atoms with Crippen LogP contribution in [0.4, 0.5) is 4.79 Å². The second-order valence-electron chi connectivity index (χ2n) is 8.17. The minimum atomic E-state index is -0.649. The van der Waals surface area contributed by atoms with E-state index in [1.807, 2.05) is 6.07 Å². The zero-order valence-electron chi connectivity index (χ0n) is 17.2. The predicted molar refractivity (Wildman–Crippen MR) is 113 cm³/mol. The molecule has 2 fully saturated rings. The molecule has 1 aromatic carbocycles. The van der Waals surface area contributed by atoms with Crippen LogP contribution in [0.25, 0.3) is 0 Å². The number of carbonyl (C=O) groups is 3. The highest BCUT2D eigenvalue weighted by Crippen LogP contribution is 2.38. The van der Waals surface area contributed by atoms with Crippen molar-refractivity contribution in [2.75, 3.05) is 20.3 Å². The van der Waals surface area contributed by atoms with Crippen LogP contribution in [0.15, 0.2) is 18.2 Å². The summed E-state index contributed by atoms with van der Waals surface area (Å²) in [5, 5.41) is 1.20. The molecule has 1 saturated heterocycles. The van der Waals surface area contributed by atoms with Crippen molar-refractivity contribution in [1.82, 2.24) is 10.2 Å². The molecule has 1 aliphatic carbocycles. The Labute approximate surface area is 180 Å². The third-order valence-electron chi connectivity index (χ3n) is 6.20. The Morgan fingerprint density at radius 1 is 1.30 bits per heavy atom. The Balaban J connectivity index is 1.48. The second kappa shape index (κ2) is 9.39. The molecule has 0 unspecified atom stereocenters. The number of carbonyl (C=O) groups excluding carboxylic acids is 3. The maximum Gasteiger partial charge on any atom is 0.286 e. The number of benzene rings is 1. The van der Waals surface area contributed by atoms with Gasteiger partial charge >= 0.3 is 0 Å². The summed E-state index contributed by atoms with van der Waals surface area (Å²) in [5.41, 5.74) is 2.08. The fraction of sp³-hybridized carbons (Fsp3) is 0.591. The first-order chi connectivity index (χ1) is 14.5. The summed E-state index contributed by atoms with van der Waals surface area (Å²) in [4.78, 5) is 37.7. The van der Waals surface area contributed by atoms with Crippen LogP contribution in [-0.4, -0.2) is 47.5 Å². The van der Waals surface area contributed by atoms with E-state index in [-0.39, 0.29) is 29.6 Å². The van der Waals surface area contributed by atoms with Gasteiger partial charge < -0.3 is 14.4 Å². The summed E-state index contributed by atoms with van der Waals surface area (Å²) in [6.07, 6.45) is 6.21. The van der Waals surface area contributed by atoms with Crippen molar-refractivity contribution in [2.24, 2.45) is 5.92 Å². The van der Waals surface area contributed by atoms with Gasteiger partial charge in [0, 0.05) is 25.6 Å². The summed E-state index contributed by atoms with van der Waals surface area (Å²) in [5.74, 6) is 0.773. The molecule has 1 saturated carbocycles. The van der Waals surface area contributed by atoms with Crippen LogP contribution in [0.2, 0.25) is 0 Å². The first kappa shape index (κ1) is 21.2. The monoisotopic (exact) mass is 432 g/mol. The Morgan fingerprint density at radius 2 is 2.10 bits per heavy atom. The van der Waals surface area contributed by atoms with Crippen molar-refractivity contribution >= 4 is 28.8 Å². The molecule has 1 N–H and O–H groups in total. The van der Waals surface area contributed by atoms with Crippen molar-refractivity contribution in [2.45, 2.75) is 56.4 Å². The van der Waals surface area contributed by atoms with Crippen molar-refractivity contribution in [1.29, 1.82) is 0 Å². The van der Waals surface area contributed by atoms with E-state index in [0.717, 1.165) is 28.6 Å². The number of thioether (sulfide) groups is 1. The molecule has 162 valence electrons. The third kappa shape index (κ3) is 4.64. The quantitative estimate of drug-likeness (QED) is 0.768. The van der Waals surface area contributed by atoms with Crippen molar-refractivity contribution in [3.8, 4) is 5.75 Å². The summed E-state index contributed by atoms with van der Waals surface area (Å²) in [6, 6.07) is 6.15. The molecule has 3 amide bonds. The first-order valence-corrected chi connectivity index (χ1v) is 11.5. The molecule has 1 aromatic rings. The number of rotatable bonds is 5. The van der Waals surface area contributed by atoms with Crippen molar-refractivity contribution in [3.63, 3.8) is 0 Å². The molecule has 2 heterocycles. The minimum absolute atomic E-state index is 0.0139. The molecule has 2 aliphatic heterocycles. The number of nitrogens with one attached hydrogen (secondary N) is 1. The van der Waals surface area contributed by atoms with Gasteiger partial charge in [-0.05, 0) is 36.5 Å². The largest absolute Gasteiger partial charge is 0.491 e. The molecule has 7 nitrogen and oxygen atoms in total. The predicted octanol–water partition coefficient (Wildman–Crippen LogP) is 3.42. The lowest BCUT2D eigenvalue weighted by molar-refractivity contribution is -0.133. The molecule has 2 atom stereocenters. The molecular formula is C22H28N2O5S. The highest BCUT2D eigenvalue weighted by molar-refractivity contribution is 8.15. The highest BCUT2D eigenvalue weighted by atomic mass is 32.2. The number of hydrogen-bond donors (Lipinski definition) is 1. The standard InChI is InChI=1S/C22H28N2O5S/c1-28-20(14-5-3-2-4-6-14)15-7-8-17-16(11-15)13-24(9-10-29-17)19(25)12-18-21(26)23-22(27)30-18/h7-8,11,14,18,20H,2-6,9-10,12-13H2,1H3,(H,23,26,27)/t18-,20+/m1/s1. The van der Waals surface area contributed by atoms with Gasteiger partial charge in [0.2, 0.25) is 11.8 Å². The van der Waals surface area contributed by atoms with Crippen LogP contribution in [0.3, 0.4) is 0 Å². The second-order valence-corrected chi connectivity index (χ2v) is 9.35. The van der Waals surface area contributed by atoms with Crippen molar-refractivity contribution in [3.05, 3.63) is 29.3 Å². The van der Waals surface area contributed by atoms with Crippen molar-refractivity contribution < 1.29 is 23.9 Å². The Kier molecular flexibility index (Phi) is 6.63. The third-order valence-corrected chi connectivity index (χ3v) is 7.19. The molecule has 0 spiro atoms. The van der Waals surface area contributed by atoms with E-state index in [2.05, 4.69) is 17.4 Å². The van der Waals surface area contributed by atoms with Gasteiger partial charge in [0.1, 0.15) is 17.6 Å². The van der Waals surface area contributed by atoms with Crippen LogP contribution < -0.4 is 10.1 Å². The molecule has 30 heavy (non-hydrogen) atoms. The zero-order valence-corrected chi connectivity index (χ0v) is 18.0. The van der Waals surface area contributed by atoms with E-state index in [9.17, 15) is 14.4 Å². The van der Waals surface area contributed by atoms with E-state index in [0.29, 0.717) is 25.6 Å². The van der Waals surface area contributed by atoms with E-state index in [1.165, 1.54) is 32.1 Å². The number of imide groups is 1. The van der Waals surface area contributed by atoms with E-state index >= 15 is 0 Å². The fourth-order valence-corrected chi connectivity index (χ4v) is 5.47. The van der Waals surface area contributed by atoms with Gasteiger partial charge in [-0.3, -0.25) is 19.7 Å². The van der Waals surface area contributed by atoms with Gasteiger partial charge in [-0.1, -0.05) is 37.1 Å². The number of fused-ring (bicyclic) bond motifs is 1.